The van der Waals surface area contributed by atoms with Gasteiger partial charge < -0.3 is 10.4 Å². The Hall–Kier alpha value is -1.55. The number of hydrogen-bond donors (Lipinski definition) is 2. The number of aryl methyl sites for hydroxylation is 1. The van der Waals surface area contributed by atoms with Gasteiger partial charge in [-0.05, 0) is 46.6 Å². The van der Waals surface area contributed by atoms with Gasteiger partial charge in [0.1, 0.15) is 10.4 Å². The van der Waals surface area contributed by atoms with Crippen molar-refractivity contribution in [2.75, 3.05) is 5.32 Å². The molecule has 0 unspecified atom stereocenters. The largest absolute Gasteiger partial charge is 0.508 e. The predicted molar refractivity (Wildman–Crippen MR) is 72.1 cm³/mol. The highest BCUT2D eigenvalue weighted by Crippen LogP contribution is 2.21. The van der Waals surface area contributed by atoms with Crippen molar-refractivity contribution in [3.8, 4) is 5.75 Å². The third-order valence-corrected chi connectivity index (χ3v) is 2.90. The SMILES string of the molecule is Cc1ccc(NCc2cccc(Br)n2)cc1O. The Bertz CT molecular complexity index is 529. The molecule has 0 aliphatic rings. The lowest BCUT2D eigenvalue weighted by Crippen LogP contribution is -2.01. The van der Waals surface area contributed by atoms with Crippen molar-refractivity contribution >= 4 is 21.6 Å². The molecule has 17 heavy (non-hydrogen) atoms. The summed E-state index contributed by atoms with van der Waals surface area (Å²) in [5.74, 6) is 0.303. The molecule has 1 aromatic heterocycles. The van der Waals surface area contributed by atoms with E-state index in [1.54, 1.807) is 6.07 Å². The number of benzene rings is 1. The van der Waals surface area contributed by atoms with Gasteiger partial charge in [-0.15, -0.1) is 0 Å². The van der Waals surface area contributed by atoms with Crippen LogP contribution in [0, 0.1) is 6.92 Å². The molecule has 2 rings (SSSR count). The normalized spacial score (nSPS) is 10.2. The Kier molecular flexibility index (Phi) is 3.64. The van der Waals surface area contributed by atoms with E-state index in [9.17, 15) is 5.11 Å². The van der Waals surface area contributed by atoms with E-state index in [4.69, 9.17) is 0 Å². The van der Waals surface area contributed by atoms with Crippen molar-refractivity contribution < 1.29 is 5.11 Å². The van der Waals surface area contributed by atoms with E-state index >= 15 is 0 Å². The van der Waals surface area contributed by atoms with E-state index in [1.165, 1.54) is 0 Å². The molecular weight excluding hydrogens is 280 g/mol. The molecule has 2 aromatic rings. The van der Waals surface area contributed by atoms with Crippen LogP contribution in [-0.2, 0) is 6.54 Å². The maximum Gasteiger partial charge on any atom is 0.120 e. The average molecular weight is 293 g/mol. The van der Waals surface area contributed by atoms with Crippen LogP contribution in [0.4, 0.5) is 5.69 Å². The molecule has 3 nitrogen and oxygen atoms in total. The Morgan fingerprint density at radius 2 is 2.12 bits per heavy atom. The van der Waals surface area contributed by atoms with Crippen LogP contribution >= 0.6 is 15.9 Å². The Labute approximate surface area is 109 Å². The molecule has 0 spiro atoms. The highest BCUT2D eigenvalue weighted by molar-refractivity contribution is 9.10. The lowest BCUT2D eigenvalue weighted by molar-refractivity contribution is 0.471. The van der Waals surface area contributed by atoms with Crippen LogP contribution in [-0.4, -0.2) is 10.1 Å². The zero-order chi connectivity index (χ0) is 12.3. The van der Waals surface area contributed by atoms with Crippen molar-refractivity contribution in [3.05, 3.63) is 52.3 Å². The topological polar surface area (TPSA) is 45.2 Å². The zero-order valence-electron chi connectivity index (χ0n) is 9.44. The number of hydrogen-bond acceptors (Lipinski definition) is 3. The number of phenols is 1. The fourth-order valence-corrected chi connectivity index (χ4v) is 1.84. The van der Waals surface area contributed by atoms with Crippen molar-refractivity contribution in [1.29, 1.82) is 0 Å². The van der Waals surface area contributed by atoms with Crippen LogP contribution in [0.15, 0.2) is 41.0 Å². The van der Waals surface area contributed by atoms with Crippen LogP contribution in [0.25, 0.3) is 0 Å². The van der Waals surface area contributed by atoms with Crippen LogP contribution in [0.1, 0.15) is 11.3 Å². The molecule has 0 saturated carbocycles. The summed E-state index contributed by atoms with van der Waals surface area (Å²) in [6.07, 6.45) is 0. The van der Waals surface area contributed by atoms with E-state index in [-0.39, 0.29) is 0 Å². The quantitative estimate of drug-likeness (QED) is 0.852. The number of phenolic OH excluding ortho intramolecular Hbond substituents is 1. The summed E-state index contributed by atoms with van der Waals surface area (Å²) in [5, 5.41) is 12.8. The molecule has 0 amide bonds. The fraction of sp³-hybridized carbons (Fsp3) is 0.154. The van der Waals surface area contributed by atoms with Crippen molar-refractivity contribution in [2.45, 2.75) is 13.5 Å². The Balaban J connectivity index is 2.05. The lowest BCUT2D eigenvalue weighted by Gasteiger charge is -2.07. The third kappa shape index (κ3) is 3.20. The minimum absolute atomic E-state index is 0.303. The molecule has 1 aromatic carbocycles. The van der Waals surface area contributed by atoms with Crippen molar-refractivity contribution in [3.63, 3.8) is 0 Å². The fourth-order valence-electron chi connectivity index (χ4n) is 1.46. The number of rotatable bonds is 3. The minimum Gasteiger partial charge on any atom is -0.508 e. The maximum atomic E-state index is 9.58. The van der Waals surface area contributed by atoms with Gasteiger partial charge in [-0.1, -0.05) is 12.1 Å². The average Bonchev–Trinajstić information content (AvgIpc) is 2.31. The molecule has 88 valence electrons. The molecule has 0 aliphatic heterocycles. The Morgan fingerprint density at radius 3 is 2.82 bits per heavy atom. The maximum absolute atomic E-state index is 9.58. The molecule has 1 heterocycles. The summed E-state index contributed by atoms with van der Waals surface area (Å²) in [4.78, 5) is 4.32. The summed E-state index contributed by atoms with van der Waals surface area (Å²) in [7, 11) is 0. The lowest BCUT2D eigenvalue weighted by atomic mass is 10.2. The van der Waals surface area contributed by atoms with Gasteiger partial charge >= 0.3 is 0 Å². The monoisotopic (exact) mass is 292 g/mol. The van der Waals surface area contributed by atoms with Crippen LogP contribution in [0.2, 0.25) is 0 Å². The molecule has 4 heteroatoms. The first-order chi connectivity index (χ1) is 8.15. The van der Waals surface area contributed by atoms with Gasteiger partial charge in [-0.25, -0.2) is 4.98 Å². The predicted octanol–water partition coefficient (Wildman–Crippen LogP) is 3.47. The minimum atomic E-state index is 0.303. The highest BCUT2D eigenvalue weighted by Gasteiger charge is 1.99. The number of pyridine rings is 1. The van der Waals surface area contributed by atoms with Crippen LogP contribution < -0.4 is 5.32 Å². The smallest absolute Gasteiger partial charge is 0.120 e. The van der Waals surface area contributed by atoms with Gasteiger partial charge in [-0.2, -0.15) is 0 Å². The number of aromatic hydroxyl groups is 1. The van der Waals surface area contributed by atoms with Gasteiger partial charge in [-0.3, -0.25) is 0 Å². The van der Waals surface area contributed by atoms with Crippen LogP contribution in [0.3, 0.4) is 0 Å². The van der Waals surface area contributed by atoms with Gasteiger partial charge in [0.15, 0.2) is 0 Å². The van der Waals surface area contributed by atoms with E-state index in [0.29, 0.717) is 12.3 Å². The van der Waals surface area contributed by atoms with Gasteiger partial charge in [0.2, 0.25) is 0 Å². The second kappa shape index (κ2) is 5.19. The van der Waals surface area contributed by atoms with Gasteiger partial charge in [0.25, 0.3) is 0 Å². The zero-order valence-corrected chi connectivity index (χ0v) is 11.0. The van der Waals surface area contributed by atoms with E-state index in [1.807, 2.05) is 37.3 Å². The number of nitrogens with one attached hydrogen (secondary N) is 1. The first-order valence-corrected chi connectivity index (χ1v) is 6.09. The number of halogens is 1. The number of nitrogens with zero attached hydrogens (tertiary/aromatic N) is 1. The second-order valence-corrected chi connectivity index (χ2v) is 4.62. The summed E-state index contributed by atoms with van der Waals surface area (Å²) >= 11 is 3.33. The first-order valence-electron chi connectivity index (χ1n) is 5.30. The van der Waals surface area contributed by atoms with Crippen molar-refractivity contribution in [1.82, 2.24) is 4.98 Å². The summed E-state index contributed by atoms with van der Waals surface area (Å²) in [6, 6.07) is 11.3. The standard InChI is InChI=1S/C13H13BrN2O/c1-9-5-6-10(7-12(9)17)15-8-11-3-2-4-13(14)16-11/h2-7,15,17H,8H2,1H3. The number of anilines is 1. The summed E-state index contributed by atoms with van der Waals surface area (Å²) in [6.45, 7) is 2.50. The second-order valence-electron chi connectivity index (χ2n) is 3.81. The third-order valence-electron chi connectivity index (χ3n) is 2.46. The molecule has 0 radical (unpaired) electrons. The van der Waals surface area contributed by atoms with Crippen LogP contribution in [0.5, 0.6) is 5.75 Å². The molecule has 0 fully saturated rings. The highest BCUT2D eigenvalue weighted by atomic mass is 79.9. The molecule has 0 bridgehead atoms. The summed E-state index contributed by atoms with van der Waals surface area (Å²) in [5.41, 5.74) is 2.70. The molecule has 0 atom stereocenters. The van der Waals surface area contributed by atoms with E-state index in [0.717, 1.165) is 21.5 Å². The van der Waals surface area contributed by atoms with E-state index < -0.39 is 0 Å². The summed E-state index contributed by atoms with van der Waals surface area (Å²) < 4.78 is 0.823. The Morgan fingerprint density at radius 1 is 1.29 bits per heavy atom. The molecule has 0 aliphatic carbocycles. The molecule has 0 saturated heterocycles. The number of aromatic nitrogens is 1. The van der Waals surface area contributed by atoms with Gasteiger partial charge in [0.05, 0.1) is 12.2 Å². The van der Waals surface area contributed by atoms with E-state index in [2.05, 4.69) is 26.2 Å². The molecule has 2 N–H and O–H groups in total. The van der Waals surface area contributed by atoms with Gasteiger partial charge in [0, 0.05) is 11.8 Å². The first kappa shape index (κ1) is 11.9. The molecular formula is C13H13BrN2O. The van der Waals surface area contributed by atoms with Crippen molar-refractivity contribution in [2.24, 2.45) is 0 Å².